The number of halogens is 1. The number of phenolic OH excluding ortho intramolecular Hbond substituents is 1. The molecule has 0 fully saturated rings. The molecule has 6 nitrogen and oxygen atoms in total. The van der Waals surface area contributed by atoms with Gasteiger partial charge in [-0.05, 0) is 30.3 Å². The molecule has 0 heterocycles. The molecule has 0 saturated heterocycles. The Balaban J connectivity index is 2.22. The zero-order chi connectivity index (χ0) is 17.5. The molecular weight excluding hydrogens is 376 g/mol. The van der Waals surface area contributed by atoms with Gasteiger partial charge in [-0.15, -0.1) is 0 Å². The van der Waals surface area contributed by atoms with Gasteiger partial charge in [-0.2, -0.15) is 10.2 Å². The van der Waals surface area contributed by atoms with Gasteiger partial charge in [0.15, 0.2) is 11.5 Å². The van der Waals surface area contributed by atoms with E-state index in [1.54, 1.807) is 57.9 Å². The van der Waals surface area contributed by atoms with Gasteiger partial charge in [-0.3, -0.25) is 0 Å². The third kappa shape index (κ3) is 4.26. The molecule has 2 aromatic carbocycles. The monoisotopic (exact) mass is 392 g/mol. The lowest BCUT2D eigenvalue weighted by molar-refractivity contribution is 0.324. The molecule has 1 N–H and O–H groups in total. The molecule has 0 aliphatic heterocycles. The molecular formula is C17H17BrN2O4. The minimum absolute atomic E-state index is 0.130. The van der Waals surface area contributed by atoms with E-state index >= 15 is 0 Å². The molecule has 2 aromatic rings. The van der Waals surface area contributed by atoms with E-state index in [2.05, 4.69) is 26.1 Å². The summed E-state index contributed by atoms with van der Waals surface area (Å²) in [5.41, 5.74) is 1.30. The van der Waals surface area contributed by atoms with E-state index in [0.717, 1.165) is 10.0 Å². The van der Waals surface area contributed by atoms with Gasteiger partial charge in [-0.1, -0.05) is 15.9 Å². The summed E-state index contributed by atoms with van der Waals surface area (Å²) in [6.45, 7) is 0. The smallest absolute Gasteiger partial charge is 0.203 e. The van der Waals surface area contributed by atoms with Crippen LogP contribution in [0.1, 0.15) is 11.1 Å². The van der Waals surface area contributed by atoms with Crippen molar-refractivity contribution in [2.45, 2.75) is 0 Å². The first kappa shape index (κ1) is 17.8. The van der Waals surface area contributed by atoms with Crippen LogP contribution in [0.25, 0.3) is 0 Å². The Morgan fingerprint density at radius 3 is 2.12 bits per heavy atom. The second-order valence-electron chi connectivity index (χ2n) is 4.65. The molecule has 0 amide bonds. The van der Waals surface area contributed by atoms with Gasteiger partial charge in [0.25, 0.3) is 0 Å². The number of methoxy groups -OCH3 is 3. The predicted octanol–water partition coefficient (Wildman–Crippen LogP) is 3.63. The van der Waals surface area contributed by atoms with Crippen molar-refractivity contribution < 1.29 is 19.3 Å². The number of ether oxygens (including phenoxy) is 3. The molecule has 0 unspecified atom stereocenters. The highest BCUT2D eigenvalue weighted by Gasteiger charge is 2.12. The number of benzene rings is 2. The summed E-state index contributed by atoms with van der Waals surface area (Å²) < 4.78 is 16.7. The zero-order valence-corrected chi connectivity index (χ0v) is 15.1. The molecule has 0 bridgehead atoms. The Morgan fingerprint density at radius 1 is 0.917 bits per heavy atom. The Labute approximate surface area is 148 Å². The van der Waals surface area contributed by atoms with Crippen molar-refractivity contribution in [2.75, 3.05) is 21.3 Å². The molecule has 0 aliphatic rings. The highest BCUT2D eigenvalue weighted by Crippen LogP contribution is 2.37. The summed E-state index contributed by atoms with van der Waals surface area (Å²) in [5, 5.41) is 17.7. The van der Waals surface area contributed by atoms with Gasteiger partial charge in [0, 0.05) is 15.6 Å². The molecule has 0 atom stereocenters. The lowest BCUT2D eigenvalue weighted by atomic mass is 10.2. The van der Waals surface area contributed by atoms with Gasteiger partial charge < -0.3 is 19.3 Å². The van der Waals surface area contributed by atoms with Crippen molar-refractivity contribution in [3.05, 3.63) is 45.9 Å². The Hall–Kier alpha value is -2.54. The van der Waals surface area contributed by atoms with Crippen LogP contribution in [0.4, 0.5) is 0 Å². The number of nitrogens with zero attached hydrogens (tertiary/aromatic N) is 2. The summed E-state index contributed by atoms with van der Waals surface area (Å²) in [6, 6.07) is 8.59. The summed E-state index contributed by atoms with van der Waals surface area (Å²) in [4.78, 5) is 0. The molecule has 126 valence electrons. The van der Waals surface area contributed by atoms with Gasteiger partial charge in [0.05, 0.1) is 33.8 Å². The molecule has 24 heavy (non-hydrogen) atoms. The Bertz CT molecular complexity index is 750. The normalized spacial score (nSPS) is 11.2. The largest absolute Gasteiger partial charge is 0.507 e. The third-order valence-electron chi connectivity index (χ3n) is 3.15. The molecule has 0 aromatic heterocycles. The van der Waals surface area contributed by atoms with Crippen LogP contribution in [0.5, 0.6) is 23.0 Å². The summed E-state index contributed by atoms with van der Waals surface area (Å²) in [7, 11) is 4.64. The van der Waals surface area contributed by atoms with Crippen molar-refractivity contribution in [3.8, 4) is 23.0 Å². The van der Waals surface area contributed by atoms with Crippen LogP contribution in [0.2, 0.25) is 0 Å². The molecule has 2 rings (SSSR count). The quantitative estimate of drug-likeness (QED) is 0.601. The van der Waals surface area contributed by atoms with Crippen molar-refractivity contribution >= 4 is 28.4 Å². The molecule has 0 radical (unpaired) electrons. The first-order chi connectivity index (χ1) is 11.6. The van der Waals surface area contributed by atoms with Crippen LogP contribution in [0.15, 0.2) is 45.0 Å². The van der Waals surface area contributed by atoms with E-state index < -0.39 is 0 Å². The maximum Gasteiger partial charge on any atom is 0.203 e. The van der Waals surface area contributed by atoms with Crippen molar-refractivity contribution in [3.63, 3.8) is 0 Å². The number of phenols is 1. The van der Waals surface area contributed by atoms with Crippen LogP contribution >= 0.6 is 15.9 Å². The van der Waals surface area contributed by atoms with Crippen LogP contribution in [-0.4, -0.2) is 38.9 Å². The number of aromatic hydroxyl groups is 1. The lowest BCUT2D eigenvalue weighted by Crippen LogP contribution is -1.96. The minimum atomic E-state index is 0.130. The lowest BCUT2D eigenvalue weighted by Gasteiger charge is -2.12. The summed E-state index contributed by atoms with van der Waals surface area (Å²) in [5.74, 6) is 1.71. The van der Waals surface area contributed by atoms with E-state index in [4.69, 9.17) is 14.2 Å². The van der Waals surface area contributed by atoms with Crippen LogP contribution in [0, 0.1) is 0 Å². The van der Waals surface area contributed by atoms with E-state index in [1.807, 2.05) is 0 Å². The average molecular weight is 393 g/mol. The van der Waals surface area contributed by atoms with Gasteiger partial charge >= 0.3 is 0 Å². The SMILES string of the molecule is COc1cc(/C=N\N=C/c2cc(Br)ccc2O)cc(OC)c1OC. The van der Waals surface area contributed by atoms with E-state index in [9.17, 15) is 5.11 Å². The fourth-order valence-electron chi connectivity index (χ4n) is 2.00. The van der Waals surface area contributed by atoms with Crippen LogP contribution in [-0.2, 0) is 0 Å². The minimum Gasteiger partial charge on any atom is -0.507 e. The number of hydrogen-bond acceptors (Lipinski definition) is 6. The van der Waals surface area contributed by atoms with Gasteiger partial charge in [-0.25, -0.2) is 0 Å². The topological polar surface area (TPSA) is 72.6 Å². The Morgan fingerprint density at radius 2 is 1.54 bits per heavy atom. The third-order valence-corrected chi connectivity index (χ3v) is 3.64. The van der Waals surface area contributed by atoms with Crippen molar-refractivity contribution in [1.82, 2.24) is 0 Å². The number of hydrogen-bond donors (Lipinski definition) is 1. The Kier molecular flexibility index (Phi) is 6.20. The number of rotatable bonds is 6. The molecule has 0 aliphatic carbocycles. The average Bonchev–Trinajstić information content (AvgIpc) is 2.60. The van der Waals surface area contributed by atoms with E-state index in [0.29, 0.717) is 22.8 Å². The standard InChI is InChI=1S/C17H17BrN2O4/c1-22-15-6-11(7-16(23-2)17(15)24-3)9-19-20-10-12-8-13(18)4-5-14(12)21/h4-10,21H,1-3H3/b19-9-,20-10-. The molecule has 0 saturated carbocycles. The second-order valence-corrected chi connectivity index (χ2v) is 5.57. The maximum absolute atomic E-state index is 9.73. The highest BCUT2D eigenvalue weighted by atomic mass is 79.9. The fourth-order valence-corrected chi connectivity index (χ4v) is 2.38. The first-order valence-corrected chi connectivity index (χ1v) is 7.73. The van der Waals surface area contributed by atoms with E-state index in [1.165, 1.54) is 6.21 Å². The molecule has 0 spiro atoms. The van der Waals surface area contributed by atoms with Crippen LogP contribution < -0.4 is 14.2 Å². The fraction of sp³-hybridized carbons (Fsp3) is 0.176. The van der Waals surface area contributed by atoms with Crippen LogP contribution in [0.3, 0.4) is 0 Å². The zero-order valence-electron chi connectivity index (χ0n) is 13.5. The van der Waals surface area contributed by atoms with Gasteiger partial charge in [0.2, 0.25) is 5.75 Å². The van der Waals surface area contributed by atoms with Crippen molar-refractivity contribution in [1.29, 1.82) is 0 Å². The van der Waals surface area contributed by atoms with Gasteiger partial charge in [0.1, 0.15) is 5.75 Å². The van der Waals surface area contributed by atoms with Crippen molar-refractivity contribution in [2.24, 2.45) is 10.2 Å². The summed E-state index contributed by atoms with van der Waals surface area (Å²) in [6.07, 6.45) is 3.02. The highest BCUT2D eigenvalue weighted by molar-refractivity contribution is 9.10. The molecule has 7 heteroatoms. The van der Waals surface area contributed by atoms with E-state index in [-0.39, 0.29) is 5.75 Å². The maximum atomic E-state index is 9.73. The summed E-state index contributed by atoms with van der Waals surface area (Å²) >= 11 is 3.34. The first-order valence-electron chi connectivity index (χ1n) is 6.94. The second kappa shape index (κ2) is 8.35. The predicted molar refractivity (Wildman–Crippen MR) is 97.1 cm³/mol.